The van der Waals surface area contributed by atoms with E-state index in [1.807, 2.05) is 89.0 Å². The summed E-state index contributed by atoms with van der Waals surface area (Å²) < 4.78 is 32.1. The number of nitriles is 1. The fourth-order valence-electron chi connectivity index (χ4n) is 12.5. The molecule has 430 valence electrons. The quantitative estimate of drug-likeness (QED) is 0.0405. The number of nitrogens with zero attached hydrogens (tertiary/aromatic N) is 8. The molecule has 0 aliphatic carbocycles. The second-order valence-electron chi connectivity index (χ2n) is 23.8. The average Bonchev–Trinajstić information content (AvgIpc) is 3.37. The molecule has 0 spiro atoms. The number of aliphatic hydroxyl groups is 1. The van der Waals surface area contributed by atoms with Crippen LogP contribution in [0.2, 0.25) is 5.02 Å². The van der Waals surface area contributed by atoms with Crippen molar-refractivity contribution >= 4 is 74.0 Å². The number of nitrogens with two attached hydrogens (primary N) is 1. The van der Waals surface area contributed by atoms with Crippen LogP contribution in [0.15, 0.2) is 48.0 Å². The summed E-state index contributed by atoms with van der Waals surface area (Å²) in [5.41, 5.74) is 12.6. The Morgan fingerprint density at radius 3 is 2.49 bits per heavy atom. The number of amides is 3. The Morgan fingerprint density at radius 2 is 1.80 bits per heavy atom. The number of halogens is 2. The third-order valence-corrected chi connectivity index (χ3v) is 18.4. The predicted molar refractivity (Wildman–Crippen MR) is 314 cm³/mol. The molecule has 3 aromatic carbocycles. The smallest absolute Gasteiger partial charge is 0.319 e. The van der Waals surface area contributed by atoms with Gasteiger partial charge in [-0.3, -0.25) is 19.3 Å². The van der Waals surface area contributed by atoms with Crippen LogP contribution in [-0.4, -0.2) is 141 Å². The van der Waals surface area contributed by atoms with E-state index in [4.69, 9.17) is 36.8 Å². The number of benzene rings is 3. The number of nitrogens with one attached hydrogen (secondary N) is 3. The first kappa shape index (κ1) is 57.8. The molecular weight excluding hydrogens is 1070 g/mol. The van der Waals surface area contributed by atoms with Gasteiger partial charge in [-0.1, -0.05) is 56.6 Å². The van der Waals surface area contributed by atoms with Crippen LogP contribution in [-0.2, 0) is 26.2 Å². The molecule has 7 atom stereocenters. The van der Waals surface area contributed by atoms with E-state index >= 15 is 4.39 Å². The van der Waals surface area contributed by atoms with Gasteiger partial charge in [-0.15, -0.1) is 11.3 Å². The molecule has 6 aromatic rings. The van der Waals surface area contributed by atoms with Crippen LogP contribution in [0.25, 0.3) is 43.4 Å². The molecular formula is C60H74ClFN12O6S. The fourth-order valence-corrected chi connectivity index (χ4v) is 13.6. The van der Waals surface area contributed by atoms with Gasteiger partial charge in [0.1, 0.15) is 36.1 Å². The van der Waals surface area contributed by atoms with E-state index in [0.29, 0.717) is 66.2 Å². The third kappa shape index (κ3) is 11.7. The second-order valence-corrected chi connectivity index (χ2v) is 25.1. The van der Waals surface area contributed by atoms with Gasteiger partial charge in [0.25, 0.3) is 0 Å². The SMILES string of the molecule is Cc1ncsc1-c1ccc([C@H](C)NC(=O)[C@@H]2C[C@@H](O)CN2C(=O)[C@@H](NC(=O)CCOCCCN2CCC[C@@]2(C)COc2nc(N3CC4CCC(C3)N4)c3cc(Cl)c(-c4c(C)n(C)c5ccc(N)c(C#N)c45)c(F)c3n2)C(C)(C)C)cc1. The number of piperazine rings is 1. The van der Waals surface area contributed by atoms with E-state index < -0.39 is 40.9 Å². The number of carbonyl (C=O) groups is 3. The Kier molecular flexibility index (Phi) is 16.7. The van der Waals surface area contributed by atoms with E-state index in [9.17, 15) is 24.8 Å². The molecule has 4 saturated heterocycles. The van der Waals surface area contributed by atoms with Gasteiger partial charge in [0.15, 0.2) is 5.82 Å². The summed E-state index contributed by atoms with van der Waals surface area (Å²) in [5.74, 6) is -1.23. The van der Waals surface area contributed by atoms with Crippen molar-refractivity contribution in [2.24, 2.45) is 12.5 Å². The van der Waals surface area contributed by atoms with Crippen LogP contribution in [0.4, 0.5) is 15.9 Å². The number of anilines is 2. The van der Waals surface area contributed by atoms with E-state index in [1.54, 1.807) is 23.5 Å². The zero-order valence-electron chi connectivity index (χ0n) is 47.5. The van der Waals surface area contributed by atoms with Crippen molar-refractivity contribution in [3.05, 3.63) is 81.3 Å². The molecule has 6 N–H and O–H groups in total. The van der Waals surface area contributed by atoms with Crippen molar-refractivity contribution < 1.29 is 33.4 Å². The number of aromatic nitrogens is 4. The number of rotatable bonds is 18. The van der Waals surface area contributed by atoms with Gasteiger partial charge in [0.05, 0.1) is 62.2 Å². The van der Waals surface area contributed by atoms with Gasteiger partial charge in [-0.2, -0.15) is 15.2 Å². The van der Waals surface area contributed by atoms with Gasteiger partial charge in [0.2, 0.25) is 17.7 Å². The monoisotopic (exact) mass is 1140 g/mol. The lowest BCUT2D eigenvalue weighted by Gasteiger charge is -2.36. The van der Waals surface area contributed by atoms with Gasteiger partial charge in [-0.05, 0) is 101 Å². The molecule has 3 aromatic heterocycles. The van der Waals surface area contributed by atoms with Crippen molar-refractivity contribution in [2.45, 2.75) is 135 Å². The van der Waals surface area contributed by atoms with E-state index in [0.717, 1.165) is 59.4 Å². The van der Waals surface area contributed by atoms with Crippen LogP contribution in [0.1, 0.15) is 108 Å². The van der Waals surface area contributed by atoms with Crippen LogP contribution >= 0.6 is 22.9 Å². The number of ether oxygens (including phenoxy) is 2. The minimum Gasteiger partial charge on any atom is -0.461 e. The van der Waals surface area contributed by atoms with Crippen molar-refractivity contribution in [3.8, 4) is 33.6 Å². The molecule has 4 aliphatic rings. The number of aryl methyl sites for hydroxylation is 2. The Morgan fingerprint density at radius 1 is 1.06 bits per heavy atom. The molecule has 81 heavy (non-hydrogen) atoms. The molecule has 4 aliphatic heterocycles. The second kappa shape index (κ2) is 23.4. The van der Waals surface area contributed by atoms with Crippen molar-refractivity contribution in [1.82, 2.24) is 45.3 Å². The van der Waals surface area contributed by atoms with Gasteiger partial charge < -0.3 is 50.6 Å². The van der Waals surface area contributed by atoms with E-state index in [-0.39, 0.29) is 90.2 Å². The summed E-state index contributed by atoms with van der Waals surface area (Å²) in [7, 11) is 1.87. The first-order chi connectivity index (χ1) is 38.6. The highest BCUT2D eigenvalue weighted by Crippen LogP contribution is 2.46. The van der Waals surface area contributed by atoms with Crippen LogP contribution in [0.5, 0.6) is 6.01 Å². The number of likely N-dealkylation sites (tertiary alicyclic amines) is 2. The molecule has 7 heterocycles. The van der Waals surface area contributed by atoms with E-state index in [1.165, 1.54) is 4.90 Å². The number of thiazole rings is 1. The predicted octanol–water partition coefficient (Wildman–Crippen LogP) is 8.12. The highest BCUT2D eigenvalue weighted by atomic mass is 35.5. The summed E-state index contributed by atoms with van der Waals surface area (Å²) in [6.45, 7) is 17.1. The third-order valence-electron chi connectivity index (χ3n) is 17.1. The minimum atomic E-state index is -0.960. The maximum Gasteiger partial charge on any atom is 0.319 e. The zero-order chi connectivity index (χ0) is 57.7. The molecule has 10 rings (SSSR count). The first-order valence-corrected chi connectivity index (χ1v) is 29.4. The fraction of sp³-hybridized carbons (Fsp3) is 0.517. The summed E-state index contributed by atoms with van der Waals surface area (Å²) >= 11 is 8.69. The molecule has 2 bridgehead atoms. The number of hydrogen-bond donors (Lipinski definition) is 5. The van der Waals surface area contributed by atoms with Crippen LogP contribution < -0.4 is 31.3 Å². The summed E-state index contributed by atoms with van der Waals surface area (Å²) in [6.07, 6.45) is 3.77. The number of β-amino-alcohol motifs (C(OH)–C–C–N with tert-alkyl or cyclic N) is 1. The lowest BCUT2D eigenvalue weighted by molar-refractivity contribution is -0.144. The summed E-state index contributed by atoms with van der Waals surface area (Å²) in [4.78, 5) is 62.8. The summed E-state index contributed by atoms with van der Waals surface area (Å²) in [5, 5.41) is 31.8. The van der Waals surface area contributed by atoms with Crippen LogP contribution in [0, 0.1) is 36.4 Å². The number of fused-ring (bicyclic) bond motifs is 4. The number of hydrogen-bond acceptors (Lipinski definition) is 15. The van der Waals surface area contributed by atoms with Crippen LogP contribution in [0.3, 0.4) is 0 Å². The maximum absolute atomic E-state index is 17.6. The largest absolute Gasteiger partial charge is 0.461 e. The molecule has 0 radical (unpaired) electrons. The zero-order valence-corrected chi connectivity index (χ0v) is 49.1. The molecule has 3 amide bonds. The lowest BCUT2D eigenvalue weighted by atomic mass is 9.85. The molecule has 4 fully saturated rings. The number of carbonyl (C=O) groups excluding carboxylic acids is 3. The molecule has 18 nitrogen and oxygen atoms in total. The Bertz CT molecular complexity index is 3400. The highest BCUT2D eigenvalue weighted by molar-refractivity contribution is 7.13. The Labute approximate surface area is 481 Å². The molecule has 0 saturated carbocycles. The van der Waals surface area contributed by atoms with Gasteiger partial charge >= 0.3 is 6.01 Å². The van der Waals surface area contributed by atoms with Crippen molar-refractivity contribution in [2.75, 3.05) is 63.2 Å². The van der Waals surface area contributed by atoms with Gasteiger partial charge in [0, 0.05) is 92.4 Å². The maximum atomic E-state index is 17.6. The first-order valence-electron chi connectivity index (χ1n) is 28.2. The van der Waals surface area contributed by atoms with Crippen molar-refractivity contribution in [1.29, 1.82) is 5.26 Å². The molecule has 21 heteroatoms. The normalized spacial score (nSPS) is 21.9. The van der Waals surface area contributed by atoms with Gasteiger partial charge in [-0.25, -0.2) is 9.37 Å². The van der Waals surface area contributed by atoms with Crippen molar-refractivity contribution in [3.63, 3.8) is 0 Å². The number of aliphatic hydroxyl groups excluding tert-OH is 1. The minimum absolute atomic E-state index is 0.0227. The summed E-state index contributed by atoms with van der Waals surface area (Å²) in [6, 6.07) is 13.8. The topological polar surface area (TPSA) is 229 Å². The highest BCUT2D eigenvalue weighted by Gasteiger charge is 2.45. The Balaban J connectivity index is 0.755. The number of nitrogen functional groups attached to an aromatic ring is 1. The molecule has 2 unspecified atom stereocenters. The standard InChI is InChI=1S/C60H74ClFN12O6S/c1-33(36-11-13-37(14-12-36)53-34(2)65-32-81-53)66-56(77)46-25-40(75)30-74(46)57(78)54(59(4,5)6)68-47(76)19-24-79-23-10-22-73-21-9-20-60(73,7)31-80-58-69-52-41(55(70-58)72-28-38-15-16-39(29-72)67-38)26-43(61)50(51(52)62)48-35(3)71(8)45-18-17-44(64)42(27-63)49(45)48/h11-14,17-18,26,32-33,38-40,46,54,67,75H,9-10,15-16,19-25,28-31,64H2,1-8H3,(H,66,77)(H,68,76)/t33-,38?,39?,40+,46-,54+,60-/m0/s1. The average molecular weight is 1150 g/mol. The Hall–Kier alpha value is -6.47. The lowest BCUT2D eigenvalue weighted by Crippen LogP contribution is -2.58. The van der Waals surface area contributed by atoms with E-state index in [2.05, 4.69) is 43.7 Å².